The third-order valence-electron chi connectivity index (χ3n) is 2.82. The maximum Gasteiger partial charge on any atom is 0.339 e. The Morgan fingerprint density at radius 2 is 2.05 bits per heavy atom. The Kier molecular flexibility index (Phi) is 4.94. The Hall–Kier alpha value is -2.34. The lowest BCUT2D eigenvalue weighted by Crippen LogP contribution is -2.31. The lowest BCUT2D eigenvalue weighted by molar-refractivity contribution is -0.123. The number of nitrogens with one attached hydrogen (secondary N) is 1. The van der Waals surface area contributed by atoms with Crippen molar-refractivity contribution in [3.05, 3.63) is 52.2 Å². The van der Waals surface area contributed by atoms with Crippen molar-refractivity contribution in [2.24, 2.45) is 0 Å². The largest absolute Gasteiger partial charge is 0.483 e. The zero-order valence-corrected chi connectivity index (χ0v) is 12.2. The van der Waals surface area contributed by atoms with Gasteiger partial charge in [0.25, 0.3) is 5.91 Å². The van der Waals surface area contributed by atoms with Crippen molar-refractivity contribution in [2.45, 2.75) is 13.0 Å². The van der Waals surface area contributed by atoms with Gasteiger partial charge in [0.2, 0.25) is 0 Å². The van der Waals surface area contributed by atoms with Gasteiger partial charge < -0.3 is 15.2 Å². The fraction of sp³-hybridized carbons (Fsp3) is 0.200. The van der Waals surface area contributed by atoms with Crippen LogP contribution in [0.4, 0.5) is 0 Å². The third-order valence-corrected chi connectivity index (χ3v) is 3.88. The number of amides is 1. The van der Waals surface area contributed by atoms with Crippen molar-refractivity contribution in [1.29, 1.82) is 0 Å². The molecule has 1 unspecified atom stereocenters. The summed E-state index contributed by atoms with van der Waals surface area (Å²) in [5.41, 5.74) is 0.0385. The molecule has 1 amide bonds. The molecule has 5 nitrogen and oxygen atoms in total. The molecule has 0 aliphatic carbocycles. The van der Waals surface area contributed by atoms with Crippen molar-refractivity contribution in [1.82, 2.24) is 5.32 Å². The van der Waals surface area contributed by atoms with Gasteiger partial charge in [0.1, 0.15) is 11.3 Å². The molecule has 1 heterocycles. The molecule has 0 spiro atoms. The number of thiophene rings is 1. The van der Waals surface area contributed by atoms with Crippen LogP contribution in [0.2, 0.25) is 0 Å². The fourth-order valence-electron chi connectivity index (χ4n) is 1.80. The van der Waals surface area contributed by atoms with Crippen molar-refractivity contribution in [3.8, 4) is 5.75 Å². The van der Waals surface area contributed by atoms with Crippen LogP contribution in [0.1, 0.15) is 28.2 Å². The predicted molar refractivity (Wildman–Crippen MR) is 79.8 cm³/mol. The standard InChI is InChI=1S/C15H15NO4S/c1-10(13-7-4-8-21-13)16-14(17)9-20-12-6-3-2-5-11(12)15(18)19/h2-8,10H,9H2,1H3,(H,16,17)(H,18,19). The molecule has 6 heteroatoms. The average molecular weight is 305 g/mol. The summed E-state index contributed by atoms with van der Waals surface area (Å²) in [6.07, 6.45) is 0. The topological polar surface area (TPSA) is 75.6 Å². The van der Waals surface area contributed by atoms with Gasteiger partial charge in [0.15, 0.2) is 6.61 Å². The van der Waals surface area contributed by atoms with E-state index in [1.54, 1.807) is 23.5 Å². The van der Waals surface area contributed by atoms with Crippen molar-refractivity contribution in [3.63, 3.8) is 0 Å². The summed E-state index contributed by atoms with van der Waals surface area (Å²) in [5, 5.41) is 13.8. The molecule has 0 saturated carbocycles. The van der Waals surface area contributed by atoms with Crippen LogP contribution < -0.4 is 10.1 Å². The number of aromatic carboxylic acids is 1. The number of carboxylic acids is 1. The second-order valence-electron chi connectivity index (χ2n) is 4.39. The first-order chi connectivity index (χ1) is 10.1. The van der Waals surface area contributed by atoms with E-state index in [9.17, 15) is 9.59 Å². The van der Waals surface area contributed by atoms with E-state index >= 15 is 0 Å². The van der Waals surface area contributed by atoms with E-state index in [-0.39, 0.29) is 29.9 Å². The summed E-state index contributed by atoms with van der Waals surface area (Å²) < 4.78 is 5.29. The smallest absolute Gasteiger partial charge is 0.339 e. The first-order valence-corrected chi connectivity index (χ1v) is 7.24. The number of ether oxygens (including phenoxy) is 1. The highest BCUT2D eigenvalue weighted by Crippen LogP contribution is 2.19. The molecule has 110 valence electrons. The Morgan fingerprint density at radius 3 is 2.71 bits per heavy atom. The molecule has 0 bridgehead atoms. The predicted octanol–water partition coefficient (Wildman–Crippen LogP) is 2.70. The monoisotopic (exact) mass is 305 g/mol. The molecule has 0 saturated heterocycles. The molecule has 1 atom stereocenters. The van der Waals surface area contributed by atoms with Gasteiger partial charge >= 0.3 is 5.97 Å². The lowest BCUT2D eigenvalue weighted by Gasteiger charge is -2.13. The number of carbonyl (C=O) groups excluding carboxylic acids is 1. The number of hydrogen-bond donors (Lipinski definition) is 2. The molecule has 21 heavy (non-hydrogen) atoms. The van der Waals surface area contributed by atoms with E-state index in [2.05, 4.69) is 5.32 Å². The van der Waals surface area contributed by atoms with Crippen LogP contribution >= 0.6 is 11.3 Å². The van der Waals surface area contributed by atoms with Crippen LogP contribution in [-0.4, -0.2) is 23.6 Å². The SMILES string of the molecule is CC(NC(=O)COc1ccccc1C(=O)O)c1cccs1. The van der Waals surface area contributed by atoms with E-state index < -0.39 is 5.97 Å². The summed E-state index contributed by atoms with van der Waals surface area (Å²) >= 11 is 1.56. The summed E-state index contributed by atoms with van der Waals surface area (Å²) in [7, 11) is 0. The Labute approximate surface area is 126 Å². The summed E-state index contributed by atoms with van der Waals surface area (Å²) in [6, 6.07) is 9.99. The van der Waals surface area contributed by atoms with Crippen LogP contribution in [0.25, 0.3) is 0 Å². The highest BCUT2D eigenvalue weighted by Gasteiger charge is 2.14. The lowest BCUT2D eigenvalue weighted by atomic mass is 10.2. The molecule has 2 rings (SSSR count). The van der Waals surface area contributed by atoms with Crippen LogP contribution in [0, 0.1) is 0 Å². The maximum atomic E-state index is 11.8. The number of carbonyl (C=O) groups is 2. The molecule has 1 aromatic carbocycles. The minimum Gasteiger partial charge on any atom is -0.483 e. The normalized spacial score (nSPS) is 11.7. The van der Waals surface area contributed by atoms with E-state index in [4.69, 9.17) is 9.84 Å². The number of hydrogen-bond acceptors (Lipinski definition) is 4. The van der Waals surface area contributed by atoms with Gasteiger partial charge in [0.05, 0.1) is 6.04 Å². The summed E-state index contributed by atoms with van der Waals surface area (Å²) in [6.45, 7) is 1.66. The highest BCUT2D eigenvalue weighted by molar-refractivity contribution is 7.10. The van der Waals surface area contributed by atoms with Crippen LogP contribution in [0.3, 0.4) is 0 Å². The van der Waals surface area contributed by atoms with Crippen molar-refractivity contribution >= 4 is 23.2 Å². The van der Waals surface area contributed by atoms with Gasteiger partial charge in [-0.2, -0.15) is 0 Å². The molecule has 0 radical (unpaired) electrons. The molecule has 0 fully saturated rings. The van der Waals surface area contributed by atoms with Gasteiger partial charge in [-0.1, -0.05) is 18.2 Å². The minimum absolute atomic E-state index is 0.0385. The summed E-state index contributed by atoms with van der Waals surface area (Å²) in [4.78, 5) is 23.9. The minimum atomic E-state index is -1.09. The second-order valence-corrected chi connectivity index (χ2v) is 5.37. The fourth-order valence-corrected chi connectivity index (χ4v) is 2.54. The van der Waals surface area contributed by atoms with Crippen LogP contribution in [-0.2, 0) is 4.79 Å². The Bertz CT molecular complexity index is 624. The quantitative estimate of drug-likeness (QED) is 0.860. The van der Waals surface area contributed by atoms with E-state index in [0.29, 0.717) is 0 Å². The van der Waals surface area contributed by atoms with Crippen LogP contribution in [0.5, 0.6) is 5.75 Å². The highest BCUT2D eigenvalue weighted by atomic mass is 32.1. The van der Waals surface area contributed by atoms with Gasteiger partial charge in [-0.3, -0.25) is 4.79 Å². The van der Waals surface area contributed by atoms with Crippen LogP contribution in [0.15, 0.2) is 41.8 Å². The van der Waals surface area contributed by atoms with Crippen molar-refractivity contribution < 1.29 is 19.4 Å². The van der Waals surface area contributed by atoms with Crippen molar-refractivity contribution in [2.75, 3.05) is 6.61 Å². The molecule has 0 aliphatic rings. The molecule has 2 N–H and O–H groups in total. The average Bonchev–Trinajstić information content (AvgIpc) is 2.99. The number of carboxylic acid groups (broad SMARTS) is 1. The first kappa shape index (κ1) is 15.1. The number of benzene rings is 1. The van der Waals surface area contributed by atoms with Gasteiger partial charge in [0, 0.05) is 4.88 Å². The van der Waals surface area contributed by atoms with Gasteiger partial charge in [-0.25, -0.2) is 4.79 Å². The third kappa shape index (κ3) is 4.06. The van der Waals surface area contributed by atoms with E-state index in [1.165, 1.54) is 12.1 Å². The van der Waals surface area contributed by atoms with E-state index in [0.717, 1.165) is 4.88 Å². The molecular weight excluding hydrogens is 290 g/mol. The Balaban J connectivity index is 1.91. The zero-order chi connectivity index (χ0) is 15.2. The van der Waals surface area contributed by atoms with E-state index in [1.807, 2.05) is 24.4 Å². The van der Waals surface area contributed by atoms with Gasteiger partial charge in [-0.05, 0) is 30.5 Å². The molecule has 1 aromatic heterocycles. The first-order valence-electron chi connectivity index (χ1n) is 6.36. The second kappa shape index (κ2) is 6.90. The summed E-state index contributed by atoms with van der Waals surface area (Å²) in [5.74, 6) is -1.20. The molecule has 0 aliphatic heterocycles. The van der Waals surface area contributed by atoms with Gasteiger partial charge in [-0.15, -0.1) is 11.3 Å². The molecule has 2 aromatic rings. The maximum absolute atomic E-state index is 11.8. The Morgan fingerprint density at radius 1 is 1.29 bits per heavy atom. The molecular formula is C15H15NO4S. The zero-order valence-electron chi connectivity index (χ0n) is 11.4. The number of para-hydroxylation sites is 1. The number of rotatable bonds is 6.